The zero-order valence-electron chi connectivity index (χ0n) is 16.5. The van der Waals surface area contributed by atoms with Gasteiger partial charge in [-0.05, 0) is 29.7 Å². The summed E-state index contributed by atoms with van der Waals surface area (Å²) in [5, 5.41) is 17.2. The molecular weight excluding hydrogens is 376 g/mol. The lowest BCUT2D eigenvalue weighted by Gasteiger charge is -2.20. The summed E-state index contributed by atoms with van der Waals surface area (Å²) in [5.74, 6) is 0.504. The first-order valence-corrected chi connectivity index (χ1v) is 10.0. The van der Waals surface area contributed by atoms with E-state index in [1.807, 2.05) is 91.0 Å². The number of urea groups is 1. The van der Waals surface area contributed by atoms with Crippen molar-refractivity contribution in [1.29, 1.82) is 0 Å². The van der Waals surface area contributed by atoms with Crippen molar-refractivity contribution in [3.05, 3.63) is 108 Å². The van der Waals surface area contributed by atoms with Crippen molar-refractivity contribution in [2.75, 3.05) is 6.54 Å². The normalized spacial score (nSPS) is 12.1. The van der Waals surface area contributed by atoms with Gasteiger partial charge in [0.25, 0.3) is 0 Å². The van der Waals surface area contributed by atoms with Gasteiger partial charge in [-0.15, -0.1) is 0 Å². The molecule has 1 heterocycles. The van der Waals surface area contributed by atoms with Gasteiger partial charge in [0.05, 0.1) is 6.04 Å². The SMILES string of the molecule is O=C(NCC[C@@H](O)c1cc2ccccc2o1)NC(c1ccccc1)c1ccccc1. The molecule has 1 aromatic heterocycles. The second kappa shape index (κ2) is 9.29. The molecule has 0 aliphatic carbocycles. The number of para-hydroxylation sites is 1. The fourth-order valence-electron chi connectivity index (χ4n) is 3.46. The Morgan fingerprint density at radius 3 is 2.10 bits per heavy atom. The lowest BCUT2D eigenvalue weighted by atomic mass is 9.99. The van der Waals surface area contributed by atoms with Crippen LogP contribution in [0, 0.1) is 0 Å². The van der Waals surface area contributed by atoms with E-state index in [-0.39, 0.29) is 12.1 Å². The topological polar surface area (TPSA) is 74.5 Å². The predicted octanol–water partition coefficient (Wildman–Crippen LogP) is 4.95. The highest BCUT2D eigenvalue weighted by atomic mass is 16.4. The molecule has 0 radical (unpaired) electrons. The summed E-state index contributed by atoms with van der Waals surface area (Å²) >= 11 is 0. The first-order chi connectivity index (χ1) is 14.7. The summed E-state index contributed by atoms with van der Waals surface area (Å²) in [4.78, 5) is 12.5. The molecule has 1 atom stereocenters. The number of furan rings is 1. The molecule has 0 saturated heterocycles. The van der Waals surface area contributed by atoms with E-state index in [0.29, 0.717) is 18.7 Å². The maximum Gasteiger partial charge on any atom is 0.315 e. The van der Waals surface area contributed by atoms with E-state index in [1.54, 1.807) is 0 Å². The molecule has 0 unspecified atom stereocenters. The van der Waals surface area contributed by atoms with Crippen LogP contribution in [0.3, 0.4) is 0 Å². The minimum atomic E-state index is -0.781. The van der Waals surface area contributed by atoms with E-state index in [4.69, 9.17) is 4.42 Å². The molecule has 4 rings (SSSR count). The Balaban J connectivity index is 1.35. The van der Waals surface area contributed by atoms with Gasteiger partial charge in [0, 0.05) is 11.9 Å². The Bertz CT molecular complexity index is 1020. The van der Waals surface area contributed by atoms with Gasteiger partial charge in [-0.25, -0.2) is 4.79 Å². The lowest BCUT2D eigenvalue weighted by molar-refractivity contribution is 0.142. The molecule has 3 N–H and O–H groups in total. The number of benzene rings is 3. The van der Waals surface area contributed by atoms with Crippen LogP contribution in [0.2, 0.25) is 0 Å². The van der Waals surface area contributed by atoms with Crippen LogP contribution < -0.4 is 10.6 Å². The second-order valence-corrected chi connectivity index (χ2v) is 7.15. The molecular formula is C25H24N2O3. The molecule has 0 saturated carbocycles. The molecule has 0 fully saturated rings. The monoisotopic (exact) mass is 400 g/mol. The van der Waals surface area contributed by atoms with Crippen molar-refractivity contribution in [3.8, 4) is 0 Å². The van der Waals surface area contributed by atoms with E-state index in [0.717, 1.165) is 22.1 Å². The molecule has 4 aromatic rings. The smallest absolute Gasteiger partial charge is 0.315 e. The van der Waals surface area contributed by atoms with Gasteiger partial charge in [0.2, 0.25) is 0 Å². The summed E-state index contributed by atoms with van der Waals surface area (Å²) in [7, 11) is 0. The highest BCUT2D eigenvalue weighted by Gasteiger charge is 2.17. The Labute approximate surface area is 175 Å². The van der Waals surface area contributed by atoms with Crippen LogP contribution >= 0.6 is 0 Å². The molecule has 5 heteroatoms. The molecule has 5 nitrogen and oxygen atoms in total. The van der Waals surface area contributed by atoms with Crippen molar-refractivity contribution in [1.82, 2.24) is 10.6 Å². The Hall–Kier alpha value is -3.57. The highest BCUT2D eigenvalue weighted by molar-refractivity contribution is 5.77. The molecule has 0 aliphatic rings. The predicted molar refractivity (Wildman–Crippen MR) is 117 cm³/mol. The second-order valence-electron chi connectivity index (χ2n) is 7.15. The fraction of sp³-hybridized carbons (Fsp3) is 0.160. The first kappa shape index (κ1) is 19.7. The van der Waals surface area contributed by atoms with Crippen LogP contribution in [0.5, 0.6) is 0 Å². The van der Waals surface area contributed by atoms with Crippen LogP contribution in [0.15, 0.2) is 95.4 Å². The van der Waals surface area contributed by atoms with Crippen LogP contribution in [-0.2, 0) is 0 Å². The quantitative estimate of drug-likeness (QED) is 0.411. The van der Waals surface area contributed by atoms with E-state index >= 15 is 0 Å². The summed E-state index contributed by atoms with van der Waals surface area (Å²) in [5.41, 5.74) is 2.74. The van der Waals surface area contributed by atoms with Crippen molar-refractivity contribution in [3.63, 3.8) is 0 Å². The van der Waals surface area contributed by atoms with E-state index in [9.17, 15) is 9.90 Å². The number of nitrogens with one attached hydrogen (secondary N) is 2. The standard InChI is InChI=1S/C25H24N2O3/c28-21(23-17-20-13-7-8-14-22(20)30-23)15-16-26-25(29)27-24(18-9-3-1-4-10-18)19-11-5-2-6-12-19/h1-14,17,21,24,28H,15-16H2,(H2,26,27,29)/t21-/m1/s1. The molecule has 3 aromatic carbocycles. The minimum absolute atomic E-state index is 0.257. The van der Waals surface area contributed by atoms with Gasteiger partial charge in [0.15, 0.2) is 0 Å². The van der Waals surface area contributed by atoms with Crippen molar-refractivity contribution in [2.24, 2.45) is 0 Å². The van der Waals surface area contributed by atoms with E-state index in [1.165, 1.54) is 0 Å². The van der Waals surface area contributed by atoms with Gasteiger partial charge in [-0.1, -0.05) is 78.9 Å². The molecule has 0 bridgehead atoms. The average molecular weight is 400 g/mol. The molecule has 30 heavy (non-hydrogen) atoms. The maximum absolute atomic E-state index is 12.5. The van der Waals surface area contributed by atoms with Crippen LogP contribution in [0.4, 0.5) is 4.79 Å². The number of aliphatic hydroxyl groups excluding tert-OH is 1. The number of hydrogen-bond donors (Lipinski definition) is 3. The maximum atomic E-state index is 12.5. The van der Waals surface area contributed by atoms with Gasteiger partial charge >= 0.3 is 6.03 Å². The van der Waals surface area contributed by atoms with E-state index < -0.39 is 6.10 Å². The number of carbonyl (C=O) groups is 1. The Morgan fingerprint density at radius 2 is 1.47 bits per heavy atom. The largest absolute Gasteiger partial charge is 0.458 e. The third kappa shape index (κ3) is 4.70. The van der Waals surface area contributed by atoms with Crippen LogP contribution in [0.1, 0.15) is 35.5 Å². The van der Waals surface area contributed by atoms with Crippen molar-refractivity contribution >= 4 is 17.0 Å². The minimum Gasteiger partial charge on any atom is -0.458 e. The fourth-order valence-corrected chi connectivity index (χ4v) is 3.46. The third-order valence-corrected chi connectivity index (χ3v) is 5.02. The zero-order chi connectivity index (χ0) is 20.8. The van der Waals surface area contributed by atoms with Crippen LogP contribution in [-0.4, -0.2) is 17.7 Å². The summed E-state index contributed by atoms with van der Waals surface area (Å²) in [6, 6.07) is 28.6. The first-order valence-electron chi connectivity index (χ1n) is 10.0. The van der Waals surface area contributed by atoms with Crippen molar-refractivity contribution in [2.45, 2.75) is 18.6 Å². The molecule has 152 valence electrons. The zero-order valence-corrected chi connectivity index (χ0v) is 16.5. The average Bonchev–Trinajstić information content (AvgIpc) is 3.23. The Morgan fingerprint density at radius 1 is 0.867 bits per heavy atom. The number of aliphatic hydroxyl groups is 1. The summed E-state index contributed by atoms with van der Waals surface area (Å²) in [6.45, 7) is 0.320. The molecule has 0 aliphatic heterocycles. The van der Waals surface area contributed by atoms with Gasteiger partial charge in [-0.3, -0.25) is 0 Å². The number of fused-ring (bicyclic) bond motifs is 1. The lowest BCUT2D eigenvalue weighted by Crippen LogP contribution is -2.39. The molecule has 0 spiro atoms. The van der Waals surface area contributed by atoms with Gasteiger partial charge in [-0.2, -0.15) is 0 Å². The Kier molecular flexibility index (Phi) is 6.11. The number of hydrogen-bond acceptors (Lipinski definition) is 3. The van der Waals surface area contributed by atoms with Crippen LogP contribution in [0.25, 0.3) is 11.0 Å². The summed E-state index contributed by atoms with van der Waals surface area (Å²) in [6.07, 6.45) is -0.425. The van der Waals surface area contributed by atoms with Gasteiger partial charge in [0.1, 0.15) is 17.4 Å². The number of rotatable bonds is 7. The van der Waals surface area contributed by atoms with Crippen molar-refractivity contribution < 1.29 is 14.3 Å². The van der Waals surface area contributed by atoms with Gasteiger partial charge < -0.3 is 20.2 Å². The third-order valence-electron chi connectivity index (χ3n) is 5.02. The molecule has 2 amide bonds. The summed E-state index contributed by atoms with van der Waals surface area (Å²) < 4.78 is 5.69. The number of carbonyl (C=O) groups excluding carboxylic acids is 1. The number of amides is 2. The highest BCUT2D eigenvalue weighted by Crippen LogP contribution is 2.25. The van der Waals surface area contributed by atoms with E-state index in [2.05, 4.69) is 10.6 Å².